The third kappa shape index (κ3) is 5.63. The fourth-order valence-corrected chi connectivity index (χ4v) is 2.52. The standard InChI is InChI=1S/C17H25N3.C2H6/c1-17(2,3)12-13-11-16(19-20(4)5)14-9-7-6-8-10-15(14)18-13;1-2/h6,8-10H,7,11-12H2,1-5H3;1-2H3/b19-16+;. The van der Waals surface area contributed by atoms with Crippen molar-refractivity contribution in [3.63, 3.8) is 0 Å². The Kier molecular flexibility index (Phi) is 6.79. The average molecular weight is 301 g/mol. The zero-order chi connectivity index (χ0) is 16.8. The van der Waals surface area contributed by atoms with Crippen LogP contribution in [-0.4, -0.2) is 30.5 Å². The summed E-state index contributed by atoms with van der Waals surface area (Å²) in [5, 5.41) is 6.56. The van der Waals surface area contributed by atoms with Crippen LogP contribution in [0, 0.1) is 5.41 Å². The molecular weight excluding hydrogens is 270 g/mol. The minimum absolute atomic E-state index is 0.254. The van der Waals surface area contributed by atoms with Crippen LogP contribution in [0.5, 0.6) is 0 Å². The zero-order valence-corrected chi connectivity index (χ0v) is 15.3. The maximum Gasteiger partial charge on any atom is 0.0752 e. The third-order valence-corrected chi connectivity index (χ3v) is 3.14. The second-order valence-electron chi connectivity index (χ2n) is 6.82. The molecule has 0 radical (unpaired) electrons. The Morgan fingerprint density at radius 2 is 1.91 bits per heavy atom. The van der Waals surface area contributed by atoms with Gasteiger partial charge >= 0.3 is 0 Å². The van der Waals surface area contributed by atoms with Gasteiger partial charge in [-0.25, -0.2) is 0 Å². The van der Waals surface area contributed by atoms with E-state index in [-0.39, 0.29) is 5.41 Å². The van der Waals surface area contributed by atoms with Crippen LogP contribution in [0.2, 0.25) is 0 Å². The van der Waals surface area contributed by atoms with Crippen molar-refractivity contribution in [1.82, 2.24) is 5.01 Å². The molecule has 0 atom stereocenters. The van der Waals surface area contributed by atoms with E-state index in [1.807, 2.05) is 33.0 Å². The van der Waals surface area contributed by atoms with Crippen molar-refractivity contribution >= 4 is 11.4 Å². The molecule has 0 spiro atoms. The van der Waals surface area contributed by atoms with Gasteiger partial charge in [0.2, 0.25) is 0 Å². The summed E-state index contributed by atoms with van der Waals surface area (Å²) in [7, 11) is 3.95. The van der Waals surface area contributed by atoms with Crippen LogP contribution >= 0.6 is 0 Å². The van der Waals surface area contributed by atoms with E-state index in [0.29, 0.717) is 0 Å². The normalized spacial score (nSPS) is 19.2. The summed E-state index contributed by atoms with van der Waals surface area (Å²) in [6.07, 6.45) is 11.4. The van der Waals surface area contributed by atoms with Crippen molar-refractivity contribution in [2.45, 2.75) is 53.9 Å². The van der Waals surface area contributed by atoms with Gasteiger partial charge in [-0.15, -0.1) is 0 Å². The van der Waals surface area contributed by atoms with E-state index < -0.39 is 0 Å². The molecule has 0 aromatic carbocycles. The first-order valence-corrected chi connectivity index (χ1v) is 8.24. The number of nitrogens with zero attached hydrogens (tertiary/aromatic N) is 3. The minimum Gasteiger partial charge on any atom is -0.303 e. The van der Waals surface area contributed by atoms with Crippen LogP contribution < -0.4 is 0 Å². The van der Waals surface area contributed by atoms with Crippen molar-refractivity contribution in [2.75, 3.05) is 14.1 Å². The molecule has 3 heteroatoms. The Hall–Kier alpha value is -1.64. The van der Waals surface area contributed by atoms with Crippen molar-refractivity contribution in [2.24, 2.45) is 15.5 Å². The van der Waals surface area contributed by atoms with Gasteiger partial charge in [0.05, 0.1) is 11.4 Å². The Balaban J connectivity index is 0.00000116. The molecule has 0 N–H and O–H groups in total. The van der Waals surface area contributed by atoms with Crippen molar-refractivity contribution < 1.29 is 0 Å². The predicted octanol–water partition coefficient (Wildman–Crippen LogP) is 4.98. The largest absolute Gasteiger partial charge is 0.303 e. The van der Waals surface area contributed by atoms with Gasteiger partial charge in [0.1, 0.15) is 0 Å². The summed E-state index contributed by atoms with van der Waals surface area (Å²) in [4.78, 5) is 4.87. The molecule has 0 saturated carbocycles. The molecule has 0 fully saturated rings. The van der Waals surface area contributed by atoms with Crippen LogP contribution in [0.3, 0.4) is 0 Å². The van der Waals surface area contributed by atoms with E-state index >= 15 is 0 Å². The topological polar surface area (TPSA) is 28.0 Å². The molecule has 2 rings (SSSR count). The van der Waals surface area contributed by atoms with Crippen molar-refractivity contribution in [3.8, 4) is 0 Å². The lowest BCUT2D eigenvalue weighted by molar-refractivity contribution is 0.430. The van der Waals surface area contributed by atoms with Crippen LogP contribution in [0.25, 0.3) is 0 Å². The first kappa shape index (κ1) is 18.4. The van der Waals surface area contributed by atoms with Gasteiger partial charge in [0, 0.05) is 31.8 Å². The highest BCUT2D eigenvalue weighted by Gasteiger charge is 2.24. The minimum atomic E-state index is 0.254. The average Bonchev–Trinajstić information content (AvgIpc) is 2.64. The predicted molar refractivity (Wildman–Crippen MR) is 98.5 cm³/mol. The lowest BCUT2D eigenvalue weighted by Gasteiger charge is -2.25. The zero-order valence-electron chi connectivity index (χ0n) is 15.3. The molecule has 0 aromatic rings. The number of fused-ring (bicyclic) bond motifs is 1. The van der Waals surface area contributed by atoms with Gasteiger partial charge in [-0.05, 0) is 24.3 Å². The summed E-state index contributed by atoms with van der Waals surface area (Å²) in [5.74, 6) is 0. The van der Waals surface area contributed by atoms with Gasteiger partial charge in [-0.2, -0.15) is 5.10 Å². The monoisotopic (exact) mass is 301 g/mol. The molecule has 3 nitrogen and oxygen atoms in total. The van der Waals surface area contributed by atoms with Gasteiger partial charge in [0.15, 0.2) is 0 Å². The van der Waals surface area contributed by atoms with E-state index in [1.54, 1.807) is 0 Å². The molecule has 0 bridgehead atoms. The van der Waals surface area contributed by atoms with Crippen LogP contribution in [-0.2, 0) is 0 Å². The van der Waals surface area contributed by atoms with Crippen molar-refractivity contribution in [3.05, 3.63) is 35.6 Å². The summed E-state index contributed by atoms with van der Waals surface area (Å²) in [5.41, 5.74) is 4.88. The number of hydrogen-bond acceptors (Lipinski definition) is 3. The molecule has 1 aliphatic carbocycles. The summed E-state index contributed by atoms with van der Waals surface area (Å²) in [6.45, 7) is 10.8. The number of hydrogen-bond donors (Lipinski definition) is 0. The van der Waals surface area contributed by atoms with E-state index in [1.165, 1.54) is 11.3 Å². The van der Waals surface area contributed by atoms with Gasteiger partial charge in [-0.3, -0.25) is 4.99 Å². The number of aliphatic imine (C=N–C) groups is 1. The maximum atomic E-state index is 4.87. The molecule has 0 aromatic heterocycles. The Morgan fingerprint density at radius 1 is 1.23 bits per heavy atom. The highest BCUT2D eigenvalue weighted by atomic mass is 15.4. The lowest BCUT2D eigenvalue weighted by atomic mass is 9.85. The second kappa shape index (κ2) is 8.11. The molecule has 1 aliphatic heterocycles. The first-order valence-electron chi connectivity index (χ1n) is 8.24. The first-order chi connectivity index (χ1) is 10.3. The van der Waals surface area contributed by atoms with Crippen LogP contribution in [0.1, 0.15) is 53.9 Å². The number of hydrazone groups is 1. The Bertz CT molecular complexity index is 523. The Morgan fingerprint density at radius 3 is 2.50 bits per heavy atom. The van der Waals surface area contributed by atoms with E-state index in [0.717, 1.165) is 30.7 Å². The summed E-state index contributed by atoms with van der Waals surface area (Å²) in [6, 6.07) is 0. The Labute approximate surface area is 136 Å². The molecule has 0 amide bonds. The SMILES string of the molecule is CC.CN(C)/N=C1\CC(CC(C)(C)C)=NC2=CC=CCC=C21. The quantitative estimate of drug-likeness (QED) is 0.661. The molecule has 0 unspecified atom stereocenters. The van der Waals surface area contributed by atoms with Crippen molar-refractivity contribution in [1.29, 1.82) is 0 Å². The van der Waals surface area contributed by atoms with Crippen LogP contribution in [0.15, 0.2) is 45.7 Å². The van der Waals surface area contributed by atoms with E-state index in [9.17, 15) is 0 Å². The molecule has 2 aliphatic rings. The van der Waals surface area contributed by atoms with Crippen LogP contribution in [0.4, 0.5) is 0 Å². The lowest BCUT2D eigenvalue weighted by Crippen LogP contribution is -2.24. The highest BCUT2D eigenvalue weighted by molar-refractivity contribution is 6.17. The molecule has 22 heavy (non-hydrogen) atoms. The van der Waals surface area contributed by atoms with E-state index in [4.69, 9.17) is 4.99 Å². The summed E-state index contributed by atoms with van der Waals surface area (Å²) >= 11 is 0. The van der Waals surface area contributed by atoms with Gasteiger partial charge < -0.3 is 5.01 Å². The fourth-order valence-electron chi connectivity index (χ4n) is 2.52. The second-order valence-corrected chi connectivity index (χ2v) is 6.82. The molecule has 1 heterocycles. The molecular formula is C19H31N3. The third-order valence-electron chi connectivity index (χ3n) is 3.14. The van der Waals surface area contributed by atoms with Gasteiger partial charge in [0.25, 0.3) is 0 Å². The molecule has 122 valence electrons. The van der Waals surface area contributed by atoms with Gasteiger partial charge in [-0.1, -0.05) is 52.8 Å². The highest BCUT2D eigenvalue weighted by Crippen LogP contribution is 2.29. The summed E-state index contributed by atoms with van der Waals surface area (Å²) < 4.78 is 0. The number of allylic oxidation sites excluding steroid dienone is 5. The fraction of sp³-hybridized carbons (Fsp3) is 0.579. The molecule has 0 saturated heterocycles. The smallest absolute Gasteiger partial charge is 0.0752 e. The maximum absolute atomic E-state index is 4.87. The van der Waals surface area contributed by atoms with E-state index in [2.05, 4.69) is 50.2 Å². The number of rotatable bonds is 2.